The fourth-order valence-corrected chi connectivity index (χ4v) is 4.03. The van der Waals surface area contributed by atoms with Crippen molar-refractivity contribution in [1.29, 1.82) is 0 Å². The van der Waals surface area contributed by atoms with Crippen LogP contribution in [-0.2, 0) is 0 Å². The van der Waals surface area contributed by atoms with Gasteiger partial charge in [-0.25, -0.2) is 0 Å². The Hall–Kier alpha value is 0.137. The van der Waals surface area contributed by atoms with Crippen molar-refractivity contribution in [1.82, 2.24) is 9.96 Å². The van der Waals surface area contributed by atoms with Gasteiger partial charge in [-0.2, -0.15) is 0 Å². The van der Waals surface area contributed by atoms with Gasteiger partial charge < -0.3 is 9.96 Å². The van der Waals surface area contributed by atoms with Crippen LogP contribution in [0, 0.1) is 5.92 Å². The zero-order valence-corrected chi connectivity index (χ0v) is 9.55. The van der Waals surface area contributed by atoms with Crippen molar-refractivity contribution >= 4 is 9.12 Å². The highest BCUT2D eigenvalue weighted by molar-refractivity contribution is 6.53. The largest absolute Gasteiger partial charge is 0.331 e. The minimum atomic E-state index is -0.765. The summed E-state index contributed by atoms with van der Waals surface area (Å²) in [7, 11) is 3.42. The smallest absolute Gasteiger partial charge is 0.184 e. The molecule has 0 aromatic carbocycles. The molecule has 0 spiro atoms. The lowest BCUT2D eigenvalue weighted by molar-refractivity contribution is 0.381. The average molecular weight is 186 g/mol. The zero-order valence-electron chi connectivity index (χ0n) is 8.40. The summed E-state index contributed by atoms with van der Waals surface area (Å²) < 4.78 is 0. The summed E-state index contributed by atoms with van der Waals surface area (Å²) >= 11 is 0. The summed E-state index contributed by atoms with van der Waals surface area (Å²) in [4.78, 5) is 6.85. The molecule has 3 heteroatoms. The Morgan fingerprint density at radius 1 is 1.08 bits per heavy atom. The van der Waals surface area contributed by atoms with E-state index in [0.717, 1.165) is 5.92 Å². The fraction of sp³-hybridized carbons (Fsp3) is 1.00. The molecule has 1 saturated carbocycles. The third kappa shape index (κ3) is 3.25. The van der Waals surface area contributed by atoms with Gasteiger partial charge in [0, 0.05) is 0 Å². The highest BCUT2D eigenvalue weighted by atomic mass is 28.3. The molecule has 72 valence electrons. The topological polar surface area (TPSA) is 24.1 Å². The van der Waals surface area contributed by atoms with Crippen LogP contribution in [0.15, 0.2) is 0 Å². The lowest BCUT2D eigenvalue weighted by Crippen LogP contribution is -2.44. The van der Waals surface area contributed by atoms with E-state index in [1.807, 2.05) is 0 Å². The molecule has 1 aliphatic carbocycles. The molecule has 12 heavy (non-hydrogen) atoms. The molecule has 0 bridgehead atoms. The second-order valence-electron chi connectivity index (χ2n) is 3.87. The second-order valence-corrected chi connectivity index (χ2v) is 6.60. The molecule has 1 rings (SSSR count). The summed E-state index contributed by atoms with van der Waals surface area (Å²) in [5, 5.41) is 0. The van der Waals surface area contributed by atoms with Crippen LogP contribution in [0.4, 0.5) is 0 Å². The molecular formula is C9H22N2Si. The lowest BCUT2D eigenvalue weighted by atomic mass is 9.91. The Labute approximate surface area is 77.9 Å². The van der Waals surface area contributed by atoms with Crippen LogP contribution in [0.3, 0.4) is 0 Å². The first-order valence-electron chi connectivity index (χ1n) is 5.21. The van der Waals surface area contributed by atoms with E-state index in [2.05, 4.69) is 24.1 Å². The highest BCUT2D eigenvalue weighted by Gasteiger charge is 2.17. The SMILES string of the molecule is CN[SiH](CC1CCCCC1)NC. The molecule has 2 nitrogen and oxygen atoms in total. The van der Waals surface area contributed by atoms with Crippen LogP contribution in [0.2, 0.25) is 6.04 Å². The first-order chi connectivity index (χ1) is 5.86. The monoisotopic (exact) mass is 186 g/mol. The first-order valence-corrected chi connectivity index (χ1v) is 7.18. The lowest BCUT2D eigenvalue weighted by Gasteiger charge is -2.24. The van der Waals surface area contributed by atoms with E-state index in [1.165, 1.54) is 38.1 Å². The van der Waals surface area contributed by atoms with Crippen molar-refractivity contribution in [2.24, 2.45) is 5.92 Å². The van der Waals surface area contributed by atoms with E-state index in [9.17, 15) is 0 Å². The van der Waals surface area contributed by atoms with Gasteiger partial charge in [-0.3, -0.25) is 0 Å². The maximum Gasteiger partial charge on any atom is 0.184 e. The summed E-state index contributed by atoms with van der Waals surface area (Å²) in [6.07, 6.45) is 7.37. The molecule has 0 aromatic heterocycles. The summed E-state index contributed by atoms with van der Waals surface area (Å²) in [6.45, 7) is 0. The first kappa shape index (κ1) is 10.2. The Kier molecular flexibility index (Phi) is 4.88. The van der Waals surface area contributed by atoms with Crippen molar-refractivity contribution in [3.8, 4) is 0 Å². The average Bonchev–Trinajstić information content (AvgIpc) is 2.16. The molecule has 1 fully saturated rings. The van der Waals surface area contributed by atoms with E-state index in [-0.39, 0.29) is 0 Å². The van der Waals surface area contributed by atoms with E-state index in [4.69, 9.17) is 0 Å². The van der Waals surface area contributed by atoms with Crippen molar-refractivity contribution < 1.29 is 0 Å². The number of nitrogens with one attached hydrogen (secondary N) is 2. The van der Waals surface area contributed by atoms with Gasteiger partial charge >= 0.3 is 0 Å². The Morgan fingerprint density at radius 3 is 2.17 bits per heavy atom. The van der Waals surface area contributed by atoms with Gasteiger partial charge in [-0.1, -0.05) is 32.1 Å². The van der Waals surface area contributed by atoms with Crippen molar-refractivity contribution in [3.63, 3.8) is 0 Å². The maximum atomic E-state index is 3.43. The standard InChI is InChI=1S/C9H22N2Si/c1-10-12(11-2)8-9-6-4-3-5-7-9/h9-12H,3-8H2,1-2H3. The molecule has 0 saturated heterocycles. The summed E-state index contributed by atoms with van der Waals surface area (Å²) in [5.74, 6) is 1.02. The Morgan fingerprint density at radius 2 is 1.67 bits per heavy atom. The van der Waals surface area contributed by atoms with E-state index >= 15 is 0 Å². The number of hydrogen-bond donors (Lipinski definition) is 2. The van der Waals surface area contributed by atoms with Crippen LogP contribution in [0.5, 0.6) is 0 Å². The third-order valence-corrected chi connectivity index (χ3v) is 5.52. The van der Waals surface area contributed by atoms with Crippen LogP contribution in [0.25, 0.3) is 0 Å². The van der Waals surface area contributed by atoms with Crippen LogP contribution < -0.4 is 9.96 Å². The third-order valence-electron chi connectivity index (χ3n) is 2.99. The van der Waals surface area contributed by atoms with Gasteiger partial charge in [-0.05, 0) is 26.1 Å². The van der Waals surface area contributed by atoms with Crippen LogP contribution >= 0.6 is 0 Å². The van der Waals surface area contributed by atoms with Crippen molar-refractivity contribution in [2.75, 3.05) is 14.1 Å². The minimum absolute atomic E-state index is 0.765. The zero-order chi connectivity index (χ0) is 8.81. The molecule has 0 atom stereocenters. The van der Waals surface area contributed by atoms with E-state index in [1.54, 1.807) is 0 Å². The molecule has 0 aliphatic heterocycles. The van der Waals surface area contributed by atoms with Crippen LogP contribution in [-0.4, -0.2) is 23.2 Å². The van der Waals surface area contributed by atoms with Crippen molar-refractivity contribution in [3.05, 3.63) is 0 Å². The Bertz CT molecular complexity index is 109. The molecule has 0 amide bonds. The van der Waals surface area contributed by atoms with Crippen molar-refractivity contribution in [2.45, 2.75) is 38.1 Å². The molecule has 2 N–H and O–H groups in total. The quantitative estimate of drug-likeness (QED) is 0.645. The second kappa shape index (κ2) is 5.73. The minimum Gasteiger partial charge on any atom is -0.331 e. The number of hydrogen-bond acceptors (Lipinski definition) is 2. The van der Waals surface area contributed by atoms with Gasteiger partial charge in [0.15, 0.2) is 9.12 Å². The maximum absolute atomic E-state index is 3.43. The normalized spacial score (nSPS) is 20.2. The Balaban J connectivity index is 2.18. The van der Waals surface area contributed by atoms with Gasteiger partial charge in [0.05, 0.1) is 0 Å². The predicted octanol–water partition coefficient (Wildman–Crippen LogP) is 1.23. The van der Waals surface area contributed by atoms with Gasteiger partial charge in [0.1, 0.15) is 0 Å². The molecule has 0 aromatic rings. The predicted molar refractivity (Wildman–Crippen MR) is 56.7 cm³/mol. The molecular weight excluding hydrogens is 164 g/mol. The highest BCUT2D eigenvalue weighted by Crippen LogP contribution is 2.26. The van der Waals surface area contributed by atoms with Gasteiger partial charge in [0.25, 0.3) is 0 Å². The molecule has 0 radical (unpaired) electrons. The van der Waals surface area contributed by atoms with Gasteiger partial charge in [0.2, 0.25) is 0 Å². The fourth-order valence-electron chi connectivity index (χ4n) is 2.14. The summed E-state index contributed by atoms with van der Waals surface area (Å²) in [5.41, 5.74) is 0. The van der Waals surface area contributed by atoms with Crippen LogP contribution in [0.1, 0.15) is 32.1 Å². The van der Waals surface area contributed by atoms with Gasteiger partial charge in [-0.15, -0.1) is 0 Å². The molecule has 0 unspecified atom stereocenters. The number of rotatable bonds is 4. The van der Waals surface area contributed by atoms with E-state index in [0.29, 0.717) is 0 Å². The molecule has 1 aliphatic rings. The molecule has 0 heterocycles. The van der Waals surface area contributed by atoms with E-state index < -0.39 is 9.12 Å². The summed E-state index contributed by atoms with van der Waals surface area (Å²) in [6, 6.07) is 1.44.